The average molecular weight is 398 g/mol. The molecular formula is C21H19FN2O3S. The van der Waals surface area contributed by atoms with Gasteiger partial charge in [0, 0.05) is 30.1 Å². The van der Waals surface area contributed by atoms with Gasteiger partial charge in [0.15, 0.2) is 0 Å². The van der Waals surface area contributed by atoms with Gasteiger partial charge < -0.3 is 15.4 Å². The second kappa shape index (κ2) is 9.23. The number of anilines is 1. The molecule has 0 saturated carbocycles. The van der Waals surface area contributed by atoms with E-state index in [-0.39, 0.29) is 23.1 Å². The van der Waals surface area contributed by atoms with Crippen LogP contribution in [0.5, 0.6) is 5.75 Å². The molecule has 1 amide bonds. The fraction of sp³-hybridized carbons (Fsp3) is 0.143. The molecule has 1 heterocycles. The van der Waals surface area contributed by atoms with Crippen molar-refractivity contribution in [3.63, 3.8) is 0 Å². The van der Waals surface area contributed by atoms with Crippen molar-refractivity contribution in [3.05, 3.63) is 83.8 Å². The van der Waals surface area contributed by atoms with E-state index < -0.39 is 0 Å². The molecule has 2 aromatic carbocycles. The Morgan fingerprint density at radius 2 is 1.93 bits per heavy atom. The van der Waals surface area contributed by atoms with Gasteiger partial charge in [-0.25, -0.2) is 4.39 Å². The predicted molar refractivity (Wildman–Crippen MR) is 108 cm³/mol. The largest absolute Gasteiger partial charge is 0.426 e. The Morgan fingerprint density at radius 1 is 1.18 bits per heavy atom. The molecule has 3 rings (SSSR count). The molecule has 2 aromatic rings. The Labute approximate surface area is 166 Å². The molecule has 2 N–H and O–H groups in total. The van der Waals surface area contributed by atoms with Gasteiger partial charge in [-0.2, -0.15) is 0 Å². The van der Waals surface area contributed by atoms with Crippen LogP contribution >= 0.6 is 11.8 Å². The van der Waals surface area contributed by atoms with E-state index in [1.807, 2.05) is 24.3 Å². The van der Waals surface area contributed by atoms with E-state index in [4.69, 9.17) is 4.74 Å². The molecule has 5 nitrogen and oxygen atoms in total. The third-order valence-corrected chi connectivity index (χ3v) is 4.99. The molecule has 0 aliphatic carbocycles. The van der Waals surface area contributed by atoms with Gasteiger partial charge in [-0.1, -0.05) is 24.3 Å². The highest BCUT2D eigenvalue weighted by atomic mass is 32.2. The van der Waals surface area contributed by atoms with Crippen molar-refractivity contribution in [2.45, 2.75) is 18.1 Å². The number of carbonyl (C=O) groups is 2. The number of dihydropyridines is 1. The number of amides is 1. The smallest absolute Gasteiger partial charge is 0.308 e. The maximum atomic E-state index is 12.9. The summed E-state index contributed by atoms with van der Waals surface area (Å²) in [5.74, 6) is 0.201. The number of ether oxygens (including phenoxy) is 1. The summed E-state index contributed by atoms with van der Waals surface area (Å²) < 4.78 is 18.2. The van der Waals surface area contributed by atoms with Crippen LogP contribution in [-0.2, 0) is 15.3 Å². The lowest BCUT2D eigenvalue weighted by Crippen LogP contribution is -2.25. The van der Waals surface area contributed by atoms with Crippen LogP contribution in [0.25, 0.3) is 0 Å². The van der Waals surface area contributed by atoms with Crippen molar-refractivity contribution in [2.24, 2.45) is 0 Å². The molecule has 28 heavy (non-hydrogen) atoms. The highest BCUT2D eigenvalue weighted by Gasteiger charge is 2.15. The second-order valence-electron chi connectivity index (χ2n) is 6.02. The summed E-state index contributed by atoms with van der Waals surface area (Å²) in [6.07, 6.45) is 5.28. The highest BCUT2D eigenvalue weighted by molar-refractivity contribution is 7.99. The molecule has 0 aromatic heterocycles. The van der Waals surface area contributed by atoms with Crippen molar-refractivity contribution < 1.29 is 18.7 Å². The quantitative estimate of drug-likeness (QED) is 0.569. The number of esters is 1. The van der Waals surface area contributed by atoms with E-state index in [1.165, 1.54) is 31.2 Å². The molecular weight excluding hydrogens is 379 g/mol. The lowest BCUT2D eigenvalue weighted by Gasteiger charge is -2.19. The molecule has 0 fully saturated rings. The van der Waals surface area contributed by atoms with Gasteiger partial charge in [0.1, 0.15) is 11.6 Å². The number of hydrogen-bond donors (Lipinski definition) is 2. The molecule has 1 unspecified atom stereocenters. The van der Waals surface area contributed by atoms with Gasteiger partial charge in [0.2, 0.25) is 0 Å². The van der Waals surface area contributed by atoms with Crippen LogP contribution in [0.4, 0.5) is 10.1 Å². The first-order chi connectivity index (χ1) is 13.5. The molecule has 0 radical (unpaired) electrons. The summed E-state index contributed by atoms with van der Waals surface area (Å²) in [6.45, 7) is 1.37. The summed E-state index contributed by atoms with van der Waals surface area (Å²) in [4.78, 5) is 23.5. The van der Waals surface area contributed by atoms with Crippen molar-refractivity contribution in [1.29, 1.82) is 0 Å². The van der Waals surface area contributed by atoms with Gasteiger partial charge in [0.05, 0.1) is 10.9 Å². The molecule has 144 valence electrons. The van der Waals surface area contributed by atoms with E-state index in [2.05, 4.69) is 10.6 Å². The number of carbonyl (C=O) groups excluding carboxylic acids is 2. The zero-order valence-electron chi connectivity index (χ0n) is 15.1. The lowest BCUT2D eigenvalue weighted by molar-refractivity contribution is -0.131. The summed E-state index contributed by atoms with van der Waals surface area (Å²) in [5, 5.41) is 5.86. The van der Waals surface area contributed by atoms with Crippen LogP contribution in [0.1, 0.15) is 12.5 Å². The number of rotatable bonds is 6. The van der Waals surface area contributed by atoms with Gasteiger partial charge in [-0.3, -0.25) is 9.59 Å². The summed E-state index contributed by atoms with van der Waals surface area (Å²) in [7, 11) is 0. The zero-order valence-corrected chi connectivity index (χ0v) is 16.0. The second-order valence-corrected chi connectivity index (χ2v) is 7.15. The number of para-hydroxylation sites is 1. The van der Waals surface area contributed by atoms with E-state index in [0.717, 1.165) is 5.56 Å². The molecule has 0 saturated heterocycles. The van der Waals surface area contributed by atoms with E-state index in [9.17, 15) is 14.0 Å². The number of benzene rings is 2. The number of thioether (sulfide) groups is 1. The molecule has 0 spiro atoms. The Hall–Kier alpha value is -3.06. The summed E-state index contributed by atoms with van der Waals surface area (Å²) in [5.41, 5.74) is 1.92. The minimum atomic E-state index is -0.355. The molecule has 1 atom stereocenters. The molecule has 0 bridgehead atoms. The first kappa shape index (κ1) is 19.7. The highest BCUT2D eigenvalue weighted by Crippen LogP contribution is 2.26. The van der Waals surface area contributed by atoms with Crippen LogP contribution < -0.4 is 15.4 Å². The van der Waals surface area contributed by atoms with E-state index >= 15 is 0 Å². The third-order valence-electron chi connectivity index (χ3n) is 3.86. The SMILES string of the molecule is CC(=O)Oc1ccccc1CSC1C=CC(C(=O)Nc2ccc(F)cc2)=CN1. The minimum absolute atomic E-state index is 0.0206. The van der Waals surface area contributed by atoms with Crippen LogP contribution in [0.2, 0.25) is 0 Å². The Kier molecular flexibility index (Phi) is 6.49. The number of halogens is 1. The average Bonchev–Trinajstić information content (AvgIpc) is 2.69. The standard InChI is InChI=1S/C21H19FN2O3S/c1-14(25)27-19-5-3-2-4-16(19)13-28-20-11-6-15(12-23-20)21(26)24-18-9-7-17(22)8-10-18/h2-12,20,23H,13H2,1H3,(H,24,26). The van der Waals surface area contributed by atoms with Crippen LogP contribution in [0, 0.1) is 5.82 Å². The monoisotopic (exact) mass is 398 g/mol. The maximum Gasteiger partial charge on any atom is 0.308 e. The van der Waals surface area contributed by atoms with Crippen molar-refractivity contribution >= 4 is 29.3 Å². The van der Waals surface area contributed by atoms with Crippen LogP contribution in [-0.4, -0.2) is 17.3 Å². The predicted octanol–water partition coefficient (Wildman–Crippen LogP) is 3.99. The van der Waals surface area contributed by atoms with Gasteiger partial charge in [0.25, 0.3) is 5.91 Å². The maximum absolute atomic E-state index is 12.9. The number of hydrogen-bond acceptors (Lipinski definition) is 5. The van der Waals surface area contributed by atoms with Crippen molar-refractivity contribution in [1.82, 2.24) is 5.32 Å². The summed E-state index contributed by atoms with van der Waals surface area (Å²) >= 11 is 1.60. The summed E-state index contributed by atoms with van der Waals surface area (Å²) in [6, 6.07) is 13.0. The molecule has 1 aliphatic rings. The zero-order chi connectivity index (χ0) is 19.9. The van der Waals surface area contributed by atoms with E-state index in [0.29, 0.717) is 22.8 Å². The first-order valence-corrected chi connectivity index (χ1v) is 9.65. The van der Waals surface area contributed by atoms with Gasteiger partial charge in [-0.05, 0) is 36.4 Å². The fourth-order valence-corrected chi connectivity index (χ4v) is 3.46. The normalized spacial score (nSPS) is 15.4. The van der Waals surface area contributed by atoms with E-state index in [1.54, 1.807) is 30.1 Å². The van der Waals surface area contributed by atoms with Crippen LogP contribution in [0.15, 0.2) is 72.5 Å². The van der Waals surface area contributed by atoms with Gasteiger partial charge >= 0.3 is 5.97 Å². The first-order valence-electron chi connectivity index (χ1n) is 8.60. The third kappa shape index (κ3) is 5.47. The Bertz CT molecular complexity index is 926. The molecule has 1 aliphatic heterocycles. The topological polar surface area (TPSA) is 67.4 Å². The van der Waals surface area contributed by atoms with Crippen molar-refractivity contribution in [2.75, 3.05) is 5.32 Å². The lowest BCUT2D eigenvalue weighted by atomic mass is 10.2. The fourth-order valence-electron chi connectivity index (χ4n) is 2.51. The van der Waals surface area contributed by atoms with Crippen molar-refractivity contribution in [3.8, 4) is 5.75 Å². The van der Waals surface area contributed by atoms with Gasteiger partial charge in [-0.15, -0.1) is 11.8 Å². The Balaban J connectivity index is 1.53. The minimum Gasteiger partial charge on any atom is -0.426 e. The molecule has 7 heteroatoms. The van der Waals surface area contributed by atoms with Crippen LogP contribution in [0.3, 0.4) is 0 Å². The number of nitrogens with one attached hydrogen (secondary N) is 2. The Morgan fingerprint density at radius 3 is 2.61 bits per heavy atom.